The van der Waals surface area contributed by atoms with Crippen LogP contribution in [0, 0.1) is 13.8 Å². The standard InChI is InChI=1S/C23H28N4O4S/c1-5-7-12-27(6-2)32(29,30)20-10-8-18(9-11-20)21(28)24-23-26-25-22(31-23)19-14-16(3)13-17(4)15-19/h8-11,13-15H,5-7,12H2,1-4H3,(H,24,26,28). The van der Waals surface area contributed by atoms with Crippen LogP contribution >= 0.6 is 0 Å². The summed E-state index contributed by atoms with van der Waals surface area (Å²) in [5.41, 5.74) is 3.19. The van der Waals surface area contributed by atoms with E-state index in [4.69, 9.17) is 4.42 Å². The van der Waals surface area contributed by atoms with Gasteiger partial charge in [0.05, 0.1) is 4.90 Å². The van der Waals surface area contributed by atoms with Crippen molar-refractivity contribution >= 4 is 21.9 Å². The molecular formula is C23H28N4O4S. The maximum Gasteiger partial charge on any atom is 0.322 e. The number of hydrogen-bond donors (Lipinski definition) is 1. The predicted octanol–water partition coefficient (Wildman–Crippen LogP) is 4.42. The van der Waals surface area contributed by atoms with E-state index in [9.17, 15) is 13.2 Å². The summed E-state index contributed by atoms with van der Waals surface area (Å²) >= 11 is 0. The average Bonchev–Trinajstić information content (AvgIpc) is 3.22. The van der Waals surface area contributed by atoms with Crippen molar-refractivity contribution in [2.24, 2.45) is 0 Å². The number of rotatable bonds is 9. The molecular weight excluding hydrogens is 428 g/mol. The number of sulfonamides is 1. The number of carbonyl (C=O) groups excluding carboxylic acids is 1. The summed E-state index contributed by atoms with van der Waals surface area (Å²) in [4.78, 5) is 12.7. The molecule has 0 fully saturated rings. The van der Waals surface area contributed by atoms with Gasteiger partial charge >= 0.3 is 6.01 Å². The summed E-state index contributed by atoms with van der Waals surface area (Å²) in [5, 5.41) is 10.4. The zero-order valence-corrected chi connectivity index (χ0v) is 19.6. The Hall–Kier alpha value is -3.04. The SMILES string of the molecule is CCCCN(CC)S(=O)(=O)c1ccc(C(=O)Nc2nnc(-c3cc(C)cc(C)c3)o2)cc1. The monoisotopic (exact) mass is 456 g/mol. The van der Waals surface area contributed by atoms with Crippen LogP contribution in [0.1, 0.15) is 48.2 Å². The number of nitrogens with zero attached hydrogens (tertiary/aromatic N) is 3. The van der Waals surface area contributed by atoms with E-state index in [1.165, 1.54) is 28.6 Å². The Balaban J connectivity index is 1.72. The molecule has 0 spiro atoms. The Morgan fingerprint density at radius 1 is 1.03 bits per heavy atom. The number of carbonyl (C=O) groups is 1. The van der Waals surface area contributed by atoms with E-state index in [2.05, 4.69) is 15.5 Å². The van der Waals surface area contributed by atoms with Crippen molar-refractivity contribution in [1.82, 2.24) is 14.5 Å². The third-order valence-electron chi connectivity index (χ3n) is 4.98. The average molecular weight is 457 g/mol. The van der Waals surface area contributed by atoms with Gasteiger partial charge in [0, 0.05) is 24.2 Å². The summed E-state index contributed by atoms with van der Waals surface area (Å²) in [6.07, 6.45) is 1.70. The Labute approximate surface area is 188 Å². The van der Waals surface area contributed by atoms with Crippen molar-refractivity contribution in [3.05, 3.63) is 59.2 Å². The number of anilines is 1. The molecule has 0 bridgehead atoms. The molecule has 1 heterocycles. The second-order valence-corrected chi connectivity index (χ2v) is 9.56. The van der Waals surface area contributed by atoms with Crippen molar-refractivity contribution in [3.63, 3.8) is 0 Å². The molecule has 3 rings (SSSR count). The van der Waals surface area contributed by atoms with E-state index in [-0.39, 0.29) is 16.5 Å². The van der Waals surface area contributed by atoms with Crippen LogP contribution in [-0.2, 0) is 10.0 Å². The number of benzene rings is 2. The molecule has 0 aliphatic rings. The molecule has 170 valence electrons. The largest absolute Gasteiger partial charge is 0.403 e. The minimum absolute atomic E-state index is 0.0300. The molecule has 9 heteroatoms. The van der Waals surface area contributed by atoms with Gasteiger partial charge in [-0.1, -0.05) is 42.6 Å². The lowest BCUT2D eigenvalue weighted by atomic mass is 10.1. The molecule has 1 amide bonds. The molecule has 2 aromatic carbocycles. The van der Waals surface area contributed by atoms with Crippen molar-refractivity contribution in [2.45, 2.75) is 45.4 Å². The molecule has 0 saturated heterocycles. The summed E-state index contributed by atoms with van der Waals surface area (Å²) in [6.45, 7) is 8.64. The number of aryl methyl sites for hydroxylation is 2. The van der Waals surface area contributed by atoms with E-state index >= 15 is 0 Å². The lowest BCUT2D eigenvalue weighted by Crippen LogP contribution is -2.31. The van der Waals surface area contributed by atoms with Crippen LogP contribution in [0.5, 0.6) is 0 Å². The third-order valence-corrected chi connectivity index (χ3v) is 6.97. The van der Waals surface area contributed by atoms with E-state index in [1.807, 2.05) is 45.9 Å². The lowest BCUT2D eigenvalue weighted by molar-refractivity contribution is 0.102. The zero-order chi connectivity index (χ0) is 23.3. The van der Waals surface area contributed by atoms with Gasteiger partial charge in [-0.2, -0.15) is 4.31 Å². The highest BCUT2D eigenvalue weighted by molar-refractivity contribution is 7.89. The molecule has 3 aromatic rings. The fourth-order valence-electron chi connectivity index (χ4n) is 3.37. The molecule has 32 heavy (non-hydrogen) atoms. The highest BCUT2D eigenvalue weighted by Gasteiger charge is 2.23. The van der Waals surface area contributed by atoms with Gasteiger partial charge in [-0.15, -0.1) is 5.10 Å². The highest BCUT2D eigenvalue weighted by atomic mass is 32.2. The number of hydrogen-bond acceptors (Lipinski definition) is 6. The van der Waals surface area contributed by atoms with E-state index in [0.29, 0.717) is 19.0 Å². The van der Waals surface area contributed by atoms with Gasteiger partial charge in [-0.25, -0.2) is 8.42 Å². The molecule has 0 saturated carbocycles. The first-order chi connectivity index (χ1) is 15.2. The maximum absolute atomic E-state index is 12.8. The highest BCUT2D eigenvalue weighted by Crippen LogP contribution is 2.23. The Morgan fingerprint density at radius 2 is 1.69 bits per heavy atom. The van der Waals surface area contributed by atoms with Crippen molar-refractivity contribution in [3.8, 4) is 11.5 Å². The second kappa shape index (κ2) is 10.1. The van der Waals surface area contributed by atoms with Gasteiger partial charge in [-0.05, 0) is 56.7 Å². The van der Waals surface area contributed by atoms with Crippen LogP contribution in [0.25, 0.3) is 11.5 Å². The number of aromatic nitrogens is 2. The van der Waals surface area contributed by atoms with Crippen LogP contribution in [0.15, 0.2) is 51.8 Å². The van der Waals surface area contributed by atoms with Crippen LogP contribution < -0.4 is 5.32 Å². The van der Waals surface area contributed by atoms with E-state index in [1.54, 1.807) is 0 Å². The second-order valence-electron chi connectivity index (χ2n) is 7.62. The molecule has 1 aromatic heterocycles. The smallest absolute Gasteiger partial charge is 0.322 e. The molecule has 0 atom stereocenters. The van der Waals surface area contributed by atoms with Crippen molar-refractivity contribution in [2.75, 3.05) is 18.4 Å². The lowest BCUT2D eigenvalue weighted by Gasteiger charge is -2.20. The summed E-state index contributed by atoms with van der Waals surface area (Å²) in [6, 6.07) is 11.7. The molecule has 0 aliphatic heterocycles. The Bertz CT molecular complexity index is 1170. The Morgan fingerprint density at radius 3 is 2.28 bits per heavy atom. The topological polar surface area (TPSA) is 105 Å². The fraction of sp³-hybridized carbons (Fsp3) is 0.348. The molecule has 0 unspecified atom stereocenters. The predicted molar refractivity (Wildman–Crippen MR) is 123 cm³/mol. The van der Waals surface area contributed by atoms with Gasteiger partial charge in [0.25, 0.3) is 5.91 Å². The van der Waals surface area contributed by atoms with Crippen LogP contribution in [0.2, 0.25) is 0 Å². The van der Waals surface area contributed by atoms with Crippen LogP contribution in [0.3, 0.4) is 0 Å². The normalized spacial score (nSPS) is 11.7. The van der Waals surface area contributed by atoms with Crippen LogP contribution in [-0.4, -0.2) is 41.9 Å². The first kappa shape index (κ1) is 23.6. The number of amides is 1. The maximum atomic E-state index is 12.8. The zero-order valence-electron chi connectivity index (χ0n) is 18.8. The van der Waals surface area contributed by atoms with Gasteiger partial charge < -0.3 is 4.42 Å². The number of unbranched alkanes of at least 4 members (excludes halogenated alkanes) is 1. The summed E-state index contributed by atoms with van der Waals surface area (Å²) < 4.78 is 32.7. The van der Waals surface area contributed by atoms with Gasteiger partial charge in [0.1, 0.15) is 0 Å². The first-order valence-electron chi connectivity index (χ1n) is 10.6. The fourth-order valence-corrected chi connectivity index (χ4v) is 4.86. The van der Waals surface area contributed by atoms with Gasteiger partial charge in [-0.3, -0.25) is 10.1 Å². The molecule has 0 radical (unpaired) electrons. The van der Waals surface area contributed by atoms with Gasteiger partial charge in [0.2, 0.25) is 15.9 Å². The minimum Gasteiger partial charge on any atom is -0.403 e. The van der Waals surface area contributed by atoms with E-state index < -0.39 is 15.9 Å². The molecule has 0 aliphatic carbocycles. The third kappa shape index (κ3) is 5.41. The number of nitrogens with one attached hydrogen (secondary N) is 1. The molecule has 1 N–H and O–H groups in total. The van der Waals surface area contributed by atoms with Crippen molar-refractivity contribution < 1.29 is 17.6 Å². The summed E-state index contributed by atoms with van der Waals surface area (Å²) in [7, 11) is -3.60. The van der Waals surface area contributed by atoms with Gasteiger partial charge in [0.15, 0.2) is 0 Å². The minimum atomic E-state index is -3.60. The van der Waals surface area contributed by atoms with Crippen molar-refractivity contribution in [1.29, 1.82) is 0 Å². The van der Waals surface area contributed by atoms with E-state index in [0.717, 1.165) is 29.5 Å². The Kier molecular flexibility index (Phi) is 7.42. The summed E-state index contributed by atoms with van der Waals surface area (Å²) in [5.74, 6) is -0.164. The first-order valence-corrected chi connectivity index (χ1v) is 12.0. The molecule has 8 nitrogen and oxygen atoms in total. The van der Waals surface area contributed by atoms with Crippen LogP contribution in [0.4, 0.5) is 6.01 Å². The quantitative estimate of drug-likeness (QED) is 0.511.